The number of carbonyl (C=O) groups excluding carboxylic acids is 1. The molecule has 1 N–H and O–H groups in total. The van der Waals surface area contributed by atoms with Gasteiger partial charge in [-0.3, -0.25) is 4.79 Å². The summed E-state index contributed by atoms with van der Waals surface area (Å²) >= 11 is 9.38. The van der Waals surface area contributed by atoms with E-state index >= 15 is 0 Å². The van der Waals surface area contributed by atoms with Gasteiger partial charge in [0.05, 0.1) is 24.4 Å². The average molecular weight is 470 g/mol. The number of hydrogen-bond donors (Lipinski definition) is 1. The third kappa shape index (κ3) is 5.87. The van der Waals surface area contributed by atoms with Gasteiger partial charge in [0.15, 0.2) is 17.6 Å². The van der Waals surface area contributed by atoms with Gasteiger partial charge in [-0.2, -0.15) is 5.10 Å². The molecule has 0 aromatic heterocycles. The predicted molar refractivity (Wildman–Crippen MR) is 114 cm³/mol. The Kier molecular flexibility index (Phi) is 8.14. The van der Waals surface area contributed by atoms with E-state index < -0.39 is 6.10 Å². The standard InChI is InChI=1S/C20H22BrClN2O4/c1-5-27-19-16(21)9-14(10-18(19)26-4)11-23-24-20(25)13(3)28-17-7-6-15(22)8-12(17)2/h6-11,13H,5H2,1-4H3,(H,24,25)/b23-11+/t13-/m0/s1. The van der Waals surface area contributed by atoms with E-state index in [0.717, 1.165) is 15.6 Å². The zero-order chi connectivity index (χ0) is 20.7. The maximum absolute atomic E-state index is 12.2. The molecule has 0 aliphatic rings. The topological polar surface area (TPSA) is 69.2 Å². The van der Waals surface area contributed by atoms with Crippen molar-refractivity contribution in [2.45, 2.75) is 26.9 Å². The Morgan fingerprint density at radius 1 is 1.32 bits per heavy atom. The molecule has 6 nitrogen and oxygen atoms in total. The highest BCUT2D eigenvalue weighted by atomic mass is 79.9. The first-order chi connectivity index (χ1) is 13.3. The van der Waals surface area contributed by atoms with E-state index in [-0.39, 0.29) is 5.91 Å². The first-order valence-corrected chi connectivity index (χ1v) is 9.78. The molecule has 8 heteroatoms. The molecule has 1 atom stereocenters. The van der Waals surface area contributed by atoms with E-state index in [1.165, 1.54) is 6.21 Å². The van der Waals surface area contributed by atoms with Gasteiger partial charge in [0, 0.05) is 5.02 Å². The summed E-state index contributed by atoms with van der Waals surface area (Å²) in [7, 11) is 1.56. The van der Waals surface area contributed by atoms with Crippen LogP contribution in [-0.2, 0) is 4.79 Å². The minimum atomic E-state index is -0.723. The highest BCUT2D eigenvalue weighted by Crippen LogP contribution is 2.36. The first kappa shape index (κ1) is 22.0. The molecule has 0 bridgehead atoms. The van der Waals surface area contributed by atoms with Crippen LogP contribution in [0.5, 0.6) is 17.2 Å². The summed E-state index contributed by atoms with van der Waals surface area (Å²) in [6.45, 7) is 5.92. The third-order valence-electron chi connectivity index (χ3n) is 3.74. The fourth-order valence-electron chi connectivity index (χ4n) is 2.35. The molecule has 0 fully saturated rings. The Morgan fingerprint density at radius 2 is 2.07 bits per heavy atom. The van der Waals surface area contributed by atoms with Crippen LogP contribution in [0, 0.1) is 6.92 Å². The number of nitrogens with one attached hydrogen (secondary N) is 1. The summed E-state index contributed by atoms with van der Waals surface area (Å²) < 4.78 is 17.3. The SMILES string of the molecule is CCOc1c(Br)cc(/C=N/NC(=O)[C@H](C)Oc2ccc(Cl)cc2C)cc1OC. The molecule has 0 aliphatic carbocycles. The lowest BCUT2D eigenvalue weighted by atomic mass is 10.2. The van der Waals surface area contributed by atoms with Crippen molar-refractivity contribution >= 4 is 39.7 Å². The number of hydrazone groups is 1. The second-order valence-corrected chi connectivity index (χ2v) is 7.16. The van der Waals surface area contributed by atoms with E-state index in [4.69, 9.17) is 25.8 Å². The van der Waals surface area contributed by atoms with E-state index in [1.54, 1.807) is 38.3 Å². The smallest absolute Gasteiger partial charge is 0.280 e. The highest BCUT2D eigenvalue weighted by Gasteiger charge is 2.15. The Labute approximate surface area is 177 Å². The molecule has 2 aromatic rings. The number of methoxy groups -OCH3 is 1. The van der Waals surface area contributed by atoms with E-state index in [9.17, 15) is 4.79 Å². The van der Waals surface area contributed by atoms with Gasteiger partial charge in [-0.1, -0.05) is 11.6 Å². The Morgan fingerprint density at radius 3 is 2.71 bits per heavy atom. The quantitative estimate of drug-likeness (QED) is 0.448. The molecule has 0 saturated heterocycles. The summed E-state index contributed by atoms with van der Waals surface area (Å²) in [6.07, 6.45) is 0.792. The van der Waals surface area contributed by atoms with Crippen LogP contribution in [0.4, 0.5) is 0 Å². The molecule has 0 spiro atoms. The summed E-state index contributed by atoms with van der Waals surface area (Å²) in [6, 6.07) is 8.80. The van der Waals surface area contributed by atoms with Gasteiger partial charge in [-0.15, -0.1) is 0 Å². The molecule has 1 amide bonds. The molecule has 0 heterocycles. The average Bonchev–Trinajstić information content (AvgIpc) is 2.65. The number of nitrogens with zero attached hydrogens (tertiary/aromatic N) is 1. The van der Waals surface area contributed by atoms with E-state index in [2.05, 4.69) is 26.5 Å². The minimum absolute atomic E-state index is 0.373. The zero-order valence-corrected chi connectivity index (χ0v) is 18.4. The number of ether oxygens (including phenoxy) is 3. The van der Waals surface area contributed by atoms with Gasteiger partial charge < -0.3 is 14.2 Å². The van der Waals surface area contributed by atoms with Gasteiger partial charge in [-0.05, 0) is 78.2 Å². The minimum Gasteiger partial charge on any atom is -0.493 e. The number of halogens is 2. The van der Waals surface area contributed by atoms with Crippen LogP contribution in [0.15, 0.2) is 39.9 Å². The number of amides is 1. The van der Waals surface area contributed by atoms with Gasteiger partial charge in [0.25, 0.3) is 5.91 Å². The summed E-state index contributed by atoms with van der Waals surface area (Å²) in [4.78, 5) is 12.2. The molecule has 0 radical (unpaired) electrons. The van der Waals surface area contributed by atoms with Gasteiger partial charge in [0.2, 0.25) is 0 Å². The Balaban J connectivity index is 2.01. The predicted octanol–water partition coefficient (Wildman–Crippen LogP) is 4.74. The zero-order valence-electron chi connectivity index (χ0n) is 16.1. The highest BCUT2D eigenvalue weighted by molar-refractivity contribution is 9.10. The maximum Gasteiger partial charge on any atom is 0.280 e. The van der Waals surface area contributed by atoms with Crippen LogP contribution in [0.25, 0.3) is 0 Å². The fraction of sp³-hybridized carbons (Fsp3) is 0.300. The van der Waals surface area contributed by atoms with Crippen molar-refractivity contribution in [3.63, 3.8) is 0 Å². The van der Waals surface area contributed by atoms with Crippen LogP contribution in [0.3, 0.4) is 0 Å². The van der Waals surface area contributed by atoms with Crippen molar-refractivity contribution in [2.75, 3.05) is 13.7 Å². The van der Waals surface area contributed by atoms with Crippen LogP contribution in [0.1, 0.15) is 25.0 Å². The molecule has 150 valence electrons. The number of hydrogen-bond acceptors (Lipinski definition) is 5. The lowest BCUT2D eigenvalue weighted by molar-refractivity contribution is -0.127. The van der Waals surface area contributed by atoms with Crippen molar-refractivity contribution < 1.29 is 19.0 Å². The lowest BCUT2D eigenvalue weighted by Gasteiger charge is -2.15. The van der Waals surface area contributed by atoms with E-state index in [1.807, 2.05) is 19.9 Å². The lowest BCUT2D eigenvalue weighted by Crippen LogP contribution is -2.33. The van der Waals surface area contributed by atoms with Crippen LogP contribution in [0.2, 0.25) is 5.02 Å². The normalized spacial score (nSPS) is 11.9. The van der Waals surface area contributed by atoms with E-state index in [0.29, 0.717) is 28.9 Å². The maximum atomic E-state index is 12.2. The number of aryl methyl sites for hydroxylation is 1. The number of benzene rings is 2. The molecular weight excluding hydrogens is 448 g/mol. The molecule has 0 saturated carbocycles. The van der Waals surface area contributed by atoms with Crippen molar-refractivity contribution in [3.05, 3.63) is 51.0 Å². The Hall–Kier alpha value is -2.25. The fourth-order valence-corrected chi connectivity index (χ4v) is 3.15. The van der Waals surface area contributed by atoms with Gasteiger partial charge >= 0.3 is 0 Å². The van der Waals surface area contributed by atoms with Crippen molar-refractivity contribution in [1.29, 1.82) is 0 Å². The van der Waals surface area contributed by atoms with Gasteiger partial charge in [-0.25, -0.2) is 5.43 Å². The van der Waals surface area contributed by atoms with Crippen LogP contribution >= 0.6 is 27.5 Å². The molecule has 0 aliphatic heterocycles. The second kappa shape index (κ2) is 10.3. The third-order valence-corrected chi connectivity index (χ3v) is 4.56. The van der Waals surface area contributed by atoms with Crippen molar-refractivity contribution in [2.24, 2.45) is 5.10 Å². The summed E-state index contributed by atoms with van der Waals surface area (Å²) in [5.41, 5.74) is 4.05. The van der Waals surface area contributed by atoms with Crippen molar-refractivity contribution in [3.8, 4) is 17.2 Å². The Bertz CT molecular complexity index is 874. The number of rotatable bonds is 8. The first-order valence-electron chi connectivity index (χ1n) is 8.61. The second-order valence-electron chi connectivity index (χ2n) is 5.87. The van der Waals surface area contributed by atoms with Crippen LogP contribution < -0.4 is 19.6 Å². The summed E-state index contributed by atoms with van der Waals surface area (Å²) in [5, 5.41) is 4.60. The van der Waals surface area contributed by atoms with Gasteiger partial charge in [0.1, 0.15) is 5.75 Å². The molecule has 0 unspecified atom stereocenters. The monoisotopic (exact) mass is 468 g/mol. The molecule has 2 aromatic carbocycles. The molecule has 28 heavy (non-hydrogen) atoms. The van der Waals surface area contributed by atoms with Crippen LogP contribution in [-0.4, -0.2) is 31.9 Å². The summed E-state index contributed by atoms with van der Waals surface area (Å²) in [5.74, 6) is 1.41. The molecule has 2 rings (SSSR count). The van der Waals surface area contributed by atoms with Crippen molar-refractivity contribution in [1.82, 2.24) is 5.43 Å². The largest absolute Gasteiger partial charge is 0.493 e. The number of carbonyl (C=O) groups is 1. The molecular formula is C20H22BrClN2O4.